The summed E-state index contributed by atoms with van der Waals surface area (Å²) in [6.07, 6.45) is 1.50. The summed E-state index contributed by atoms with van der Waals surface area (Å²) < 4.78 is 3.27. The first kappa shape index (κ1) is 23.3. The van der Waals surface area contributed by atoms with Crippen molar-refractivity contribution in [1.29, 1.82) is 0 Å². The van der Waals surface area contributed by atoms with Crippen LogP contribution in [0.5, 0.6) is 0 Å². The Kier molecular flexibility index (Phi) is 6.46. The highest BCUT2D eigenvalue weighted by Gasteiger charge is 2.19. The van der Waals surface area contributed by atoms with E-state index in [9.17, 15) is 9.59 Å². The fraction of sp³-hybridized carbons (Fsp3) is 0.120. The molecule has 2 aromatic carbocycles. The van der Waals surface area contributed by atoms with Gasteiger partial charge < -0.3 is 5.32 Å². The van der Waals surface area contributed by atoms with Crippen molar-refractivity contribution in [2.24, 2.45) is 7.05 Å². The molecule has 0 saturated carbocycles. The van der Waals surface area contributed by atoms with E-state index in [1.165, 1.54) is 34.1 Å². The summed E-state index contributed by atoms with van der Waals surface area (Å²) in [6.45, 7) is 1.81. The predicted octanol–water partition coefficient (Wildman–Crippen LogP) is 5.54. The van der Waals surface area contributed by atoms with Crippen LogP contribution in [0.2, 0.25) is 5.02 Å². The largest absolute Gasteiger partial charge is 0.319 e. The first-order chi connectivity index (χ1) is 16.9. The van der Waals surface area contributed by atoms with Crippen LogP contribution in [0.15, 0.2) is 76.1 Å². The number of amides is 1. The Balaban J connectivity index is 1.38. The number of nitrogens with one attached hydrogen (secondary N) is 1. The average molecular weight is 522 g/mol. The Morgan fingerprint density at radius 2 is 1.86 bits per heavy atom. The maximum Gasteiger partial charge on any atom is 0.295 e. The number of benzene rings is 2. The van der Waals surface area contributed by atoms with Gasteiger partial charge in [-0.1, -0.05) is 53.7 Å². The molecule has 0 fully saturated rings. The van der Waals surface area contributed by atoms with Crippen LogP contribution in [-0.4, -0.2) is 31.0 Å². The van der Waals surface area contributed by atoms with Crippen molar-refractivity contribution in [2.75, 3.05) is 11.1 Å². The topological polar surface area (TPSA) is 81.8 Å². The number of nitrogens with zero attached hydrogens (tertiary/aromatic N) is 4. The van der Waals surface area contributed by atoms with E-state index in [2.05, 4.69) is 15.3 Å². The number of halogens is 1. The summed E-state index contributed by atoms with van der Waals surface area (Å²) in [7, 11) is 1.79. The van der Waals surface area contributed by atoms with Crippen molar-refractivity contribution in [3.8, 4) is 16.8 Å². The Morgan fingerprint density at radius 1 is 1.11 bits per heavy atom. The van der Waals surface area contributed by atoms with Crippen molar-refractivity contribution in [3.05, 3.63) is 87.4 Å². The quantitative estimate of drug-likeness (QED) is 0.234. The van der Waals surface area contributed by atoms with Gasteiger partial charge in [-0.25, -0.2) is 14.6 Å². The first-order valence-corrected chi connectivity index (χ1v) is 12.9. The lowest BCUT2D eigenvalue weighted by molar-refractivity contribution is -0.113. The third kappa shape index (κ3) is 4.50. The van der Waals surface area contributed by atoms with E-state index in [1.54, 1.807) is 18.7 Å². The molecule has 35 heavy (non-hydrogen) atoms. The van der Waals surface area contributed by atoms with Gasteiger partial charge in [-0.05, 0) is 36.8 Å². The van der Waals surface area contributed by atoms with Crippen LogP contribution in [0.1, 0.15) is 5.69 Å². The number of hydrogen-bond acceptors (Lipinski definition) is 6. The molecular formula is C25H20ClN5O2S2. The summed E-state index contributed by atoms with van der Waals surface area (Å²) in [4.78, 5) is 35.6. The highest BCUT2D eigenvalue weighted by Crippen LogP contribution is 2.38. The number of thiophene rings is 1. The standard InChI is InChI=1S/C25H20ClN5O2S2/c1-15-22(25(33)31(30(15)2)18-6-4-3-5-7-18)29-20(32)13-35-24-21-19(12-34-23(21)27-14-28-24)16-8-10-17(26)11-9-16/h3-12,14H,13H2,1-2H3,(H,29,32). The number of hydrogen-bond donors (Lipinski definition) is 1. The highest BCUT2D eigenvalue weighted by atomic mass is 35.5. The number of anilines is 1. The predicted molar refractivity (Wildman–Crippen MR) is 143 cm³/mol. The molecule has 0 atom stereocenters. The van der Waals surface area contributed by atoms with Crippen LogP contribution in [0.4, 0.5) is 5.69 Å². The second-order valence-corrected chi connectivity index (χ2v) is 10.0. The van der Waals surface area contributed by atoms with Crippen LogP contribution >= 0.6 is 34.7 Å². The van der Waals surface area contributed by atoms with Crippen LogP contribution < -0.4 is 10.9 Å². The van der Waals surface area contributed by atoms with E-state index in [0.29, 0.717) is 15.7 Å². The van der Waals surface area contributed by atoms with E-state index in [1.807, 2.05) is 60.0 Å². The monoisotopic (exact) mass is 521 g/mol. The van der Waals surface area contributed by atoms with Crippen molar-refractivity contribution in [2.45, 2.75) is 11.9 Å². The Hall–Kier alpha value is -3.40. The van der Waals surface area contributed by atoms with Crippen molar-refractivity contribution in [3.63, 3.8) is 0 Å². The van der Waals surface area contributed by atoms with Gasteiger partial charge in [0.2, 0.25) is 5.91 Å². The molecule has 0 radical (unpaired) electrons. The maximum atomic E-state index is 13.1. The molecular weight excluding hydrogens is 502 g/mol. The highest BCUT2D eigenvalue weighted by molar-refractivity contribution is 8.00. The molecule has 0 unspecified atom stereocenters. The molecule has 3 aromatic heterocycles. The van der Waals surface area contributed by atoms with Gasteiger partial charge in [-0.2, -0.15) is 0 Å². The van der Waals surface area contributed by atoms with Gasteiger partial charge in [0.15, 0.2) is 0 Å². The molecule has 0 aliphatic heterocycles. The normalized spacial score (nSPS) is 11.2. The lowest BCUT2D eigenvalue weighted by Gasteiger charge is -2.07. The minimum absolute atomic E-state index is 0.0983. The third-order valence-corrected chi connectivity index (χ3v) is 7.78. The average Bonchev–Trinajstić information content (AvgIpc) is 3.39. The number of fused-ring (bicyclic) bond motifs is 1. The number of para-hydroxylation sites is 1. The lowest BCUT2D eigenvalue weighted by atomic mass is 10.1. The fourth-order valence-corrected chi connectivity index (χ4v) is 5.74. The van der Waals surface area contributed by atoms with Crippen LogP contribution in [0.25, 0.3) is 27.0 Å². The van der Waals surface area contributed by atoms with Crippen LogP contribution in [0, 0.1) is 6.92 Å². The third-order valence-electron chi connectivity index (χ3n) is 5.65. The minimum atomic E-state index is -0.281. The van der Waals surface area contributed by atoms with Gasteiger partial charge in [0.25, 0.3) is 5.56 Å². The Labute approximate surface area is 214 Å². The smallest absolute Gasteiger partial charge is 0.295 e. The van der Waals surface area contributed by atoms with E-state index < -0.39 is 0 Å². The van der Waals surface area contributed by atoms with Crippen LogP contribution in [-0.2, 0) is 11.8 Å². The number of aromatic nitrogens is 4. The SMILES string of the molecule is Cc1c(NC(=O)CSc2ncnc3scc(-c4ccc(Cl)cc4)c23)c(=O)n(-c2ccccc2)n1C. The summed E-state index contributed by atoms with van der Waals surface area (Å²) in [5, 5.41) is 7.12. The zero-order valence-electron chi connectivity index (χ0n) is 18.9. The number of carbonyl (C=O) groups is 1. The summed E-state index contributed by atoms with van der Waals surface area (Å²) in [5.41, 5.74) is 3.39. The zero-order valence-corrected chi connectivity index (χ0v) is 21.2. The molecule has 1 amide bonds. The Bertz CT molecular complexity index is 1590. The molecule has 0 aliphatic carbocycles. The lowest BCUT2D eigenvalue weighted by Crippen LogP contribution is -2.23. The second kappa shape index (κ2) is 9.69. The number of carbonyl (C=O) groups excluding carboxylic acids is 1. The maximum absolute atomic E-state index is 13.1. The van der Waals surface area contributed by atoms with Crippen molar-refractivity contribution in [1.82, 2.24) is 19.3 Å². The fourth-order valence-electron chi connectivity index (χ4n) is 3.82. The zero-order chi connectivity index (χ0) is 24.5. The number of thioether (sulfide) groups is 1. The number of rotatable bonds is 6. The van der Waals surface area contributed by atoms with Gasteiger partial charge in [0, 0.05) is 23.0 Å². The van der Waals surface area contributed by atoms with Gasteiger partial charge in [0.1, 0.15) is 21.9 Å². The second-order valence-electron chi connectivity index (χ2n) is 7.79. The van der Waals surface area contributed by atoms with E-state index in [4.69, 9.17) is 11.6 Å². The van der Waals surface area contributed by atoms with E-state index in [-0.39, 0.29) is 22.9 Å². The van der Waals surface area contributed by atoms with Gasteiger partial charge in [-0.15, -0.1) is 11.3 Å². The summed E-state index contributed by atoms with van der Waals surface area (Å²) >= 11 is 8.89. The molecule has 10 heteroatoms. The molecule has 0 aliphatic rings. The molecule has 1 N–H and O–H groups in total. The summed E-state index contributed by atoms with van der Waals surface area (Å²) in [6, 6.07) is 16.9. The molecule has 3 heterocycles. The molecule has 0 spiro atoms. The Morgan fingerprint density at radius 3 is 2.60 bits per heavy atom. The molecule has 5 rings (SSSR count). The van der Waals surface area contributed by atoms with Gasteiger partial charge in [-0.3, -0.25) is 14.3 Å². The molecule has 176 valence electrons. The molecule has 5 aromatic rings. The van der Waals surface area contributed by atoms with E-state index in [0.717, 1.165) is 27.0 Å². The molecule has 0 bridgehead atoms. The van der Waals surface area contributed by atoms with Crippen molar-refractivity contribution < 1.29 is 4.79 Å². The summed E-state index contributed by atoms with van der Waals surface area (Å²) in [5.74, 6) is -0.183. The molecule has 7 nitrogen and oxygen atoms in total. The molecule has 0 saturated heterocycles. The minimum Gasteiger partial charge on any atom is -0.319 e. The first-order valence-electron chi connectivity index (χ1n) is 10.7. The van der Waals surface area contributed by atoms with Crippen molar-refractivity contribution >= 4 is 56.5 Å². The van der Waals surface area contributed by atoms with E-state index >= 15 is 0 Å². The van der Waals surface area contributed by atoms with Gasteiger partial charge >= 0.3 is 0 Å². The van der Waals surface area contributed by atoms with Gasteiger partial charge in [0.05, 0.1) is 22.5 Å². The van der Waals surface area contributed by atoms with Crippen LogP contribution in [0.3, 0.4) is 0 Å².